The molecule has 1 aromatic carbocycles. The highest BCUT2D eigenvalue weighted by Crippen LogP contribution is 2.32. The minimum absolute atomic E-state index is 0.0975. The van der Waals surface area contributed by atoms with Crippen LogP contribution in [0, 0.1) is 11.7 Å². The molecule has 1 aliphatic rings. The molecule has 1 aromatic rings. The van der Waals surface area contributed by atoms with Crippen LogP contribution in [0.25, 0.3) is 0 Å². The zero-order valence-corrected chi connectivity index (χ0v) is 10.1. The molecule has 0 saturated heterocycles. The molecular weight excluding hydrogens is 237 g/mol. The van der Waals surface area contributed by atoms with Crippen LogP contribution in [0.1, 0.15) is 24.5 Å². The lowest BCUT2D eigenvalue weighted by molar-refractivity contribution is 0.0223. The lowest BCUT2D eigenvalue weighted by atomic mass is 10.0. The zero-order chi connectivity index (χ0) is 13.1. The van der Waals surface area contributed by atoms with Crippen LogP contribution in [-0.2, 0) is 0 Å². The molecule has 5 heteroatoms. The molecule has 4 N–H and O–H groups in total. The molecule has 4 nitrogen and oxygen atoms in total. The Balaban J connectivity index is 2.15. The number of aliphatic hydroxyl groups excluding tert-OH is 2. The summed E-state index contributed by atoms with van der Waals surface area (Å²) in [6.45, 7) is 0.462. The summed E-state index contributed by atoms with van der Waals surface area (Å²) < 4.78 is 18.8. The van der Waals surface area contributed by atoms with Gasteiger partial charge in [-0.2, -0.15) is 0 Å². The first-order valence-electron chi connectivity index (χ1n) is 6.10. The van der Waals surface area contributed by atoms with Crippen LogP contribution >= 0.6 is 0 Å². The van der Waals surface area contributed by atoms with Gasteiger partial charge in [-0.25, -0.2) is 4.39 Å². The van der Waals surface area contributed by atoms with E-state index >= 15 is 0 Å². The van der Waals surface area contributed by atoms with Crippen molar-refractivity contribution < 1.29 is 19.3 Å². The molecule has 2 atom stereocenters. The van der Waals surface area contributed by atoms with Gasteiger partial charge in [-0.05, 0) is 37.0 Å². The van der Waals surface area contributed by atoms with Crippen LogP contribution in [-0.4, -0.2) is 29.5 Å². The Morgan fingerprint density at radius 2 is 2.11 bits per heavy atom. The Labute approximate surface area is 105 Å². The van der Waals surface area contributed by atoms with Gasteiger partial charge in [-0.1, -0.05) is 0 Å². The summed E-state index contributed by atoms with van der Waals surface area (Å²) in [6.07, 6.45) is -0.0790. The second kappa shape index (κ2) is 5.65. The molecule has 0 aromatic heterocycles. The molecule has 2 rings (SSSR count). The average molecular weight is 255 g/mol. The molecule has 100 valence electrons. The monoisotopic (exact) mass is 255 g/mol. The first kappa shape index (κ1) is 13.3. The van der Waals surface area contributed by atoms with Gasteiger partial charge >= 0.3 is 0 Å². The van der Waals surface area contributed by atoms with Gasteiger partial charge in [0.2, 0.25) is 0 Å². The molecule has 0 amide bonds. The fourth-order valence-electron chi connectivity index (χ4n) is 1.71. The molecule has 0 radical (unpaired) electrons. The van der Waals surface area contributed by atoms with Crippen LogP contribution in [0.4, 0.5) is 4.39 Å². The number of rotatable bonds is 6. The van der Waals surface area contributed by atoms with E-state index in [-0.39, 0.29) is 12.1 Å². The highest BCUT2D eigenvalue weighted by Gasteiger charge is 2.25. The minimum atomic E-state index is -1.24. The van der Waals surface area contributed by atoms with Gasteiger partial charge in [-0.3, -0.25) is 0 Å². The van der Waals surface area contributed by atoms with Gasteiger partial charge < -0.3 is 20.7 Å². The molecule has 0 spiro atoms. The van der Waals surface area contributed by atoms with Crippen molar-refractivity contribution in [2.24, 2.45) is 11.7 Å². The summed E-state index contributed by atoms with van der Waals surface area (Å²) in [5.74, 6) is 0.481. The quantitative estimate of drug-likeness (QED) is 0.708. The van der Waals surface area contributed by atoms with Gasteiger partial charge in [-0.15, -0.1) is 0 Å². The molecule has 1 fully saturated rings. The van der Waals surface area contributed by atoms with Crippen molar-refractivity contribution in [2.45, 2.75) is 25.0 Å². The van der Waals surface area contributed by atoms with Crippen molar-refractivity contribution in [3.8, 4) is 5.75 Å². The van der Waals surface area contributed by atoms with Gasteiger partial charge in [0.15, 0.2) is 0 Å². The third kappa shape index (κ3) is 3.19. The molecule has 18 heavy (non-hydrogen) atoms. The first-order chi connectivity index (χ1) is 8.61. The van der Waals surface area contributed by atoms with E-state index < -0.39 is 18.0 Å². The lowest BCUT2D eigenvalue weighted by Gasteiger charge is -2.19. The van der Waals surface area contributed by atoms with Crippen molar-refractivity contribution >= 4 is 0 Å². The van der Waals surface area contributed by atoms with E-state index in [1.807, 2.05) is 0 Å². The predicted octanol–water partition coefficient (Wildman–Crippen LogP) is 0.968. The lowest BCUT2D eigenvalue weighted by Crippen LogP contribution is -2.27. The number of nitrogens with two attached hydrogens (primary N) is 1. The Morgan fingerprint density at radius 1 is 1.39 bits per heavy atom. The third-order valence-corrected chi connectivity index (χ3v) is 3.07. The van der Waals surface area contributed by atoms with E-state index in [1.165, 1.54) is 18.2 Å². The summed E-state index contributed by atoms with van der Waals surface area (Å²) in [6, 6.07) is 3.92. The SMILES string of the molecule is NCC(O)C(O)c1cc(F)ccc1OCC1CC1. The highest BCUT2D eigenvalue weighted by molar-refractivity contribution is 5.36. The van der Waals surface area contributed by atoms with Crippen LogP contribution in [0.5, 0.6) is 5.75 Å². The Bertz CT molecular complexity index is 409. The first-order valence-corrected chi connectivity index (χ1v) is 6.10. The molecule has 0 bridgehead atoms. The van der Waals surface area contributed by atoms with Crippen LogP contribution in [0.2, 0.25) is 0 Å². The van der Waals surface area contributed by atoms with Crippen molar-refractivity contribution in [2.75, 3.05) is 13.2 Å². The largest absolute Gasteiger partial charge is 0.493 e. The van der Waals surface area contributed by atoms with Crippen molar-refractivity contribution in [1.29, 1.82) is 0 Å². The number of halogens is 1. The Hall–Kier alpha value is -1.17. The van der Waals surface area contributed by atoms with E-state index in [4.69, 9.17) is 10.5 Å². The standard InChI is InChI=1S/C13H18FNO3/c14-9-3-4-12(18-7-8-1-2-8)10(5-9)13(17)11(16)6-15/h3-5,8,11,13,16-17H,1-2,6-7,15H2. The number of hydrogen-bond acceptors (Lipinski definition) is 4. The third-order valence-electron chi connectivity index (χ3n) is 3.07. The molecule has 0 aliphatic heterocycles. The summed E-state index contributed by atoms with van der Waals surface area (Å²) in [5, 5.41) is 19.4. The molecular formula is C13H18FNO3. The fourth-order valence-corrected chi connectivity index (χ4v) is 1.71. The van der Waals surface area contributed by atoms with Gasteiger partial charge in [0.05, 0.1) is 12.7 Å². The normalized spacial score (nSPS) is 18.4. The number of hydrogen-bond donors (Lipinski definition) is 3. The maximum Gasteiger partial charge on any atom is 0.125 e. The van der Waals surface area contributed by atoms with E-state index in [1.54, 1.807) is 0 Å². The maximum atomic E-state index is 13.2. The summed E-state index contributed by atoms with van der Waals surface area (Å²) in [4.78, 5) is 0. The minimum Gasteiger partial charge on any atom is -0.493 e. The smallest absolute Gasteiger partial charge is 0.125 e. The fraction of sp³-hybridized carbons (Fsp3) is 0.538. The van der Waals surface area contributed by atoms with E-state index in [0.717, 1.165) is 12.8 Å². The van der Waals surface area contributed by atoms with Crippen LogP contribution < -0.4 is 10.5 Å². The second-order valence-corrected chi connectivity index (χ2v) is 4.68. The molecule has 1 saturated carbocycles. The van der Waals surface area contributed by atoms with Crippen molar-refractivity contribution in [3.63, 3.8) is 0 Å². The summed E-state index contributed by atoms with van der Waals surface area (Å²) in [5.41, 5.74) is 5.53. The molecule has 0 heterocycles. The average Bonchev–Trinajstić information content (AvgIpc) is 3.19. The van der Waals surface area contributed by atoms with Crippen LogP contribution in [0.3, 0.4) is 0 Å². The molecule has 2 unspecified atom stereocenters. The van der Waals surface area contributed by atoms with E-state index in [2.05, 4.69) is 0 Å². The van der Waals surface area contributed by atoms with E-state index in [9.17, 15) is 14.6 Å². The van der Waals surface area contributed by atoms with Crippen LogP contribution in [0.15, 0.2) is 18.2 Å². The predicted molar refractivity (Wildman–Crippen MR) is 64.6 cm³/mol. The van der Waals surface area contributed by atoms with Gasteiger partial charge in [0.25, 0.3) is 0 Å². The van der Waals surface area contributed by atoms with Crippen molar-refractivity contribution in [3.05, 3.63) is 29.6 Å². The second-order valence-electron chi connectivity index (χ2n) is 4.68. The number of aliphatic hydroxyl groups is 2. The molecule has 1 aliphatic carbocycles. The summed E-state index contributed by atoms with van der Waals surface area (Å²) >= 11 is 0. The number of benzene rings is 1. The topological polar surface area (TPSA) is 75.7 Å². The van der Waals surface area contributed by atoms with E-state index in [0.29, 0.717) is 18.3 Å². The Morgan fingerprint density at radius 3 is 2.72 bits per heavy atom. The van der Waals surface area contributed by atoms with Gasteiger partial charge in [0.1, 0.15) is 17.7 Å². The zero-order valence-electron chi connectivity index (χ0n) is 10.1. The number of ether oxygens (including phenoxy) is 1. The highest BCUT2D eigenvalue weighted by atomic mass is 19.1. The van der Waals surface area contributed by atoms with Gasteiger partial charge in [0, 0.05) is 12.1 Å². The van der Waals surface area contributed by atoms with Crippen molar-refractivity contribution in [1.82, 2.24) is 0 Å². The maximum absolute atomic E-state index is 13.2. The summed E-state index contributed by atoms with van der Waals surface area (Å²) in [7, 11) is 0. The Kier molecular flexibility index (Phi) is 4.16.